The first-order chi connectivity index (χ1) is 9.15. The number of nitrogens with zero attached hydrogens (tertiary/aromatic N) is 2. The van der Waals surface area contributed by atoms with Crippen LogP contribution < -0.4 is 5.32 Å². The summed E-state index contributed by atoms with van der Waals surface area (Å²) in [7, 11) is 0. The lowest BCUT2D eigenvalue weighted by Gasteiger charge is -2.06. The molecule has 0 fully saturated rings. The van der Waals surface area contributed by atoms with Gasteiger partial charge in [-0.3, -0.25) is 0 Å². The van der Waals surface area contributed by atoms with Crippen molar-refractivity contribution in [3.63, 3.8) is 0 Å². The van der Waals surface area contributed by atoms with Crippen LogP contribution >= 0.6 is 11.6 Å². The third-order valence-corrected chi connectivity index (χ3v) is 3.14. The maximum atomic E-state index is 5.98. The van der Waals surface area contributed by atoms with E-state index in [0.717, 1.165) is 30.1 Å². The van der Waals surface area contributed by atoms with Crippen LogP contribution in [0.4, 0.5) is 0 Å². The number of halogens is 1. The van der Waals surface area contributed by atoms with Crippen LogP contribution in [-0.2, 0) is 6.42 Å². The van der Waals surface area contributed by atoms with Gasteiger partial charge in [-0.05, 0) is 43.1 Å². The van der Waals surface area contributed by atoms with Gasteiger partial charge in [0.25, 0.3) is 0 Å². The van der Waals surface area contributed by atoms with Crippen LogP contribution in [-0.4, -0.2) is 22.4 Å². The molecule has 0 saturated carbocycles. The highest BCUT2D eigenvalue weighted by Gasteiger charge is 2.02. The average Bonchev–Trinajstić information content (AvgIpc) is 2.83. The summed E-state index contributed by atoms with van der Waals surface area (Å²) in [6.07, 6.45) is 6.16. The van der Waals surface area contributed by atoms with Crippen molar-refractivity contribution in [3.05, 3.63) is 47.2 Å². The Labute approximate surface area is 119 Å². The van der Waals surface area contributed by atoms with E-state index in [1.807, 2.05) is 35.1 Å². The second kappa shape index (κ2) is 6.73. The molecule has 2 aromatic rings. The molecule has 0 atom stereocenters. The van der Waals surface area contributed by atoms with Crippen molar-refractivity contribution in [2.24, 2.45) is 0 Å². The van der Waals surface area contributed by atoms with Gasteiger partial charge in [0, 0.05) is 17.3 Å². The summed E-state index contributed by atoms with van der Waals surface area (Å²) in [5.41, 5.74) is 2.25. The molecule has 0 amide bonds. The molecule has 1 N–H and O–H groups in total. The van der Waals surface area contributed by atoms with E-state index < -0.39 is 0 Å². The van der Waals surface area contributed by atoms with Gasteiger partial charge in [0.05, 0.1) is 11.9 Å². The van der Waals surface area contributed by atoms with E-state index in [9.17, 15) is 0 Å². The third-order valence-electron chi connectivity index (χ3n) is 2.90. The first-order valence-corrected chi connectivity index (χ1v) is 7.06. The standard InChI is InChI=1S/C15H20ClN3/c1-12(2)17-8-4-5-13-10-18-19(11-13)15-7-3-6-14(16)9-15/h3,6-7,9-12,17H,4-5,8H2,1-2H3. The van der Waals surface area contributed by atoms with E-state index in [4.69, 9.17) is 11.6 Å². The van der Waals surface area contributed by atoms with Crippen LogP contribution in [0.5, 0.6) is 0 Å². The Bertz CT molecular complexity index is 520. The molecule has 4 heteroatoms. The average molecular weight is 278 g/mol. The molecule has 0 aliphatic carbocycles. The fourth-order valence-corrected chi connectivity index (χ4v) is 2.12. The number of hydrogen-bond donors (Lipinski definition) is 1. The predicted octanol–water partition coefficient (Wildman–Crippen LogP) is 3.46. The molecule has 19 heavy (non-hydrogen) atoms. The van der Waals surface area contributed by atoms with Crippen LogP contribution in [0.3, 0.4) is 0 Å². The van der Waals surface area contributed by atoms with Crippen LogP contribution in [0.1, 0.15) is 25.8 Å². The van der Waals surface area contributed by atoms with Crippen LogP contribution in [0.15, 0.2) is 36.7 Å². The van der Waals surface area contributed by atoms with Crippen LogP contribution in [0.2, 0.25) is 5.02 Å². The fourth-order valence-electron chi connectivity index (χ4n) is 1.93. The molecule has 0 bridgehead atoms. The molecular weight excluding hydrogens is 258 g/mol. The summed E-state index contributed by atoms with van der Waals surface area (Å²) in [4.78, 5) is 0. The summed E-state index contributed by atoms with van der Waals surface area (Å²) >= 11 is 5.98. The van der Waals surface area contributed by atoms with Crippen molar-refractivity contribution < 1.29 is 0 Å². The SMILES string of the molecule is CC(C)NCCCc1cnn(-c2cccc(Cl)c2)c1. The molecule has 1 aromatic heterocycles. The lowest BCUT2D eigenvalue weighted by Crippen LogP contribution is -2.23. The molecule has 2 rings (SSSR count). The first-order valence-electron chi connectivity index (χ1n) is 6.68. The summed E-state index contributed by atoms with van der Waals surface area (Å²) in [6.45, 7) is 5.37. The van der Waals surface area contributed by atoms with Gasteiger partial charge in [0.2, 0.25) is 0 Å². The zero-order chi connectivity index (χ0) is 13.7. The van der Waals surface area contributed by atoms with Gasteiger partial charge < -0.3 is 5.32 Å². The third kappa shape index (κ3) is 4.37. The maximum absolute atomic E-state index is 5.98. The Morgan fingerprint density at radius 1 is 1.37 bits per heavy atom. The van der Waals surface area contributed by atoms with Crippen LogP contribution in [0.25, 0.3) is 5.69 Å². The second-order valence-corrected chi connectivity index (χ2v) is 5.42. The largest absolute Gasteiger partial charge is 0.315 e. The fraction of sp³-hybridized carbons (Fsp3) is 0.400. The smallest absolute Gasteiger partial charge is 0.0660 e. The van der Waals surface area contributed by atoms with Crippen molar-refractivity contribution in [1.29, 1.82) is 0 Å². The summed E-state index contributed by atoms with van der Waals surface area (Å²) in [6, 6.07) is 8.27. The van der Waals surface area contributed by atoms with E-state index in [0.29, 0.717) is 6.04 Å². The Hall–Kier alpha value is -1.32. The van der Waals surface area contributed by atoms with Gasteiger partial charge in [-0.1, -0.05) is 31.5 Å². The van der Waals surface area contributed by atoms with Gasteiger partial charge in [-0.2, -0.15) is 5.10 Å². The Morgan fingerprint density at radius 2 is 2.21 bits per heavy atom. The van der Waals surface area contributed by atoms with E-state index in [1.165, 1.54) is 5.56 Å². The highest BCUT2D eigenvalue weighted by atomic mass is 35.5. The number of aryl methyl sites for hydroxylation is 1. The maximum Gasteiger partial charge on any atom is 0.0660 e. The van der Waals surface area contributed by atoms with E-state index in [-0.39, 0.29) is 0 Å². The van der Waals surface area contributed by atoms with Gasteiger partial charge >= 0.3 is 0 Å². The monoisotopic (exact) mass is 277 g/mol. The van der Waals surface area contributed by atoms with Crippen molar-refractivity contribution in [1.82, 2.24) is 15.1 Å². The molecule has 1 heterocycles. The number of nitrogens with one attached hydrogen (secondary N) is 1. The Balaban J connectivity index is 1.92. The Morgan fingerprint density at radius 3 is 2.95 bits per heavy atom. The van der Waals surface area contributed by atoms with Gasteiger partial charge in [0.15, 0.2) is 0 Å². The van der Waals surface area contributed by atoms with Crippen molar-refractivity contribution in [3.8, 4) is 5.69 Å². The normalized spacial score (nSPS) is 11.2. The lowest BCUT2D eigenvalue weighted by atomic mass is 10.2. The van der Waals surface area contributed by atoms with E-state index >= 15 is 0 Å². The number of rotatable bonds is 6. The topological polar surface area (TPSA) is 29.9 Å². The number of hydrogen-bond acceptors (Lipinski definition) is 2. The number of aromatic nitrogens is 2. The second-order valence-electron chi connectivity index (χ2n) is 4.99. The summed E-state index contributed by atoms with van der Waals surface area (Å²) in [5.74, 6) is 0. The minimum Gasteiger partial charge on any atom is -0.315 e. The molecule has 1 aromatic carbocycles. The molecule has 3 nitrogen and oxygen atoms in total. The van der Waals surface area contributed by atoms with Crippen molar-refractivity contribution in [2.75, 3.05) is 6.54 Å². The van der Waals surface area contributed by atoms with E-state index in [2.05, 4.69) is 30.5 Å². The quantitative estimate of drug-likeness (QED) is 0.820. The van der Waals surface area contributed by atoms with E-state index in [1.54, 1.807) is 0 Å². The van der Waals surface area contributed by atoms with Crippen molar-refractivity contribution >= 4 is 11.6 Å². The Kier molecular flexibility index (Phi) is 5.00. The zero-order valence-electron chi connectivity index (χ0n) is 11.4. The molecule has 102 valence electrons. The minimum absolute atomic E-state index is 0.550. The molecule has 0 unspecified atom stereocenters. The van der Waals surface area contributed by atoms with Gasteiger partial charge in [-0.25, -0.2) is 4.68 Å². The highest BCUT2D eigenvalue weighted by molar-refractivity contribution is 6.30. The molecule has 0 radical (unpaired) electrons. The number of benzene rings is 1. The molecule has 0 saturated heterocycles. The zero-order valence-corrected chi connectivity index (χ0v) is 12.2. The molecular formula is C15H20ClN3. The molecule has 0 aliphatic heterocycles. The van der Waals surface area contributed by atoms with Gasteiger partial charge in [0.1, 0.15) is 0 Å². The molecule has 0 aliphatic rings. The van der Waals surface area contributed by atoms with Gasteiger partial charge in [-0.15, -0.1) is 0 Å². The van der Waals surface area contributed by atoms with Crippen LogP contribution in [0, 0.1) is 0 Å². The minimum atomic E-state index is 0.550. The first kappa shape index (κ1) is 14.1. The molecule has 0 spiro atoms. The highest BCUT2D eigenvalue weighted by Crippen LogP contribution is 2.15. The predicted molar refractivity (Wildman–Crippen MR) is 80.0 cm³/mol. The summed E-state index contributed by atoms with van der Waals surface area (Å²) in [5, 5.41) is 8.53. The summed E-state index contributed by atoms with van der Waals surface area (Å²) < 4.78 is 1.87. The lowest BCUT2D eigenvalue weighted by molar-refractivity contribution is 0.570. The van der Waals surface area contributed by atoms with Crippen molar-refractivity contribution in [2.45, 2.75) is 32.7 Å².